The van der Waals surface area contributed by atoms with E-state index in [1.165, 1.54) is 0 Å². The van der Waals surface area contributed by atoms with Gasteiger partial charge in [0.05, 0.1) is 6.10 Å². The van der Waals surface area contributed by atoms with Crippen LogP contribution in [0.5, 0.6) is 0 Å². The van der Waals surface area contributed by atoms with E-state index < -0.39 is 0 Å². The Bertz CT molecular complexity index is 56.9. The van der Waals surface area contributed by atoms with E-state index in [1.807, 2.05) is 0 Å². The van der Waals surface area contributed by atoms with Crippen molar-refractivity contribution in [3.05, 3.63) is 0 Å². The van der Waals surface area contributed by atoms with Crippen molar-refractivity contribution in [1.29, 1.82) is 0 Å². The predicted molar refractivity (Wildman–Crippen MR) is 40.8 cm³/mol. The lowest BCUT2D eigenvalue weighted by atomic mass is 9.98. The molecule has 1 aliphatic rings. The highest BCUT2D eigenvalue weighted by molar-refractivity contribution is 14.1. The van der Waals surface area contributed by atoms with Gasteiger partial charge in [0.1, 0.15) is 0 Å². The van der Waals surface area contributed by atoms with Crippen LogP contribution in [0.1, 0.15) is 25.7 Å². The van der Waals surface area contributed by atoms with Crippen molar-refractivity contribution in [2.75, 3.05) is 0 Å². The summed E-state index contributed by atoms with van der Waals surface area (Å²) in [5, 5.41) is 10.7. The fourth-order valence-electron chi connectivity index (χ4n) is 1.02. The predicted octanol–water partition coefficient (Wildman–Crippen LogP) is 2.16. The molecule has 0 aromatic rings. The van der Waals surface area contributed by atoms with Crippen LogP contribution in [0.25, 0.3) is 0 Å². The number of hydrogen-bond acceptors (Lipinski definition) is 0. The molecule has 0 aromatic carbocycles. The van der Waals surface area contributed by atoms with Crippen LogP contribution in [0.2, 0.25) is 0 Å². The van der Waals surface area contributed by atoms with Crippen molar-refractivity contribution in [2.45, 2.75) is 35.7 Å². The second-order valence-corrected chi connectivity index (χ2v) is 4.14. The molecule has 0 spiro atoms. The molecule has 0 N–H and O–H groups in total. The average Bonchev–Trinajstić information content (AvgIpc) is 1.77. The molecular formula is C6H10IO. The van der Waals surface area contributed by atoms with Gasteiger partial charge in [0.25, 0.3) is 0 Å². The smallest absolute Gasteiger partial charge is 0.0930 e. The summed E-state index contributed by atoms with van der Waals surface area (Å²) in [6.45, 7) is 0. The summed E-state index contributed by atoms with van der Waals surface area (Å²) in [6, 6.07) is 0. The molecule has 1 radical (unpaired) electrons. The molecule has 0 amide bonds. The van der Waals surface area contributed by atoms with Gasteiger partial charge in [-0.3, -0.25) is 0 Å². The van der Waals surface area contributed by atoms with E-state index in [9.17, 15) is 5.11 Å². The molecule has 0 saturated heterocycles. The highest BCUT2D eigenvalue weighted by Crippen LogP contribution is 2.24. The minimum atomic E-state index is -0.235. The Labute approximate surface area is 63.6 Å². The summed E-state index contributed by atoms with van der Waals surface area (Å²) in [4.78, 5) is 0. The summed E-state index contributed by atoms with van der Waals surface area (Å²) in [6.07, 6.45) is 3.88. The second kappa shape index (κ2) is 3.01. The summed E-state index contributed by atoms with van der Waals surface area (Å²) in [7, 11) is 0. The van der Waals surface area contributed by atoms with Crippen LogP contribution in [0.3, 0.4) is 0 Å². The molecule has 1 nitrogen and oxygen atoms in total. The van der Waals surface area contributed by atoms with Crippen LogP contribution in [0.4, 0.5) is 0 Å². The molecular weight excluding hydrogens is 215 g/mol. The quantitative estimate of drug-likeness (QED) is 0.444. The van der Waals surface area contributed by atoms with Crippen molar-refractivity contribution in [2.24, 2.45) is 0 Å². The van der Waals surface area contributed by atoms with E-state index in [0.717, 1.165) is 29.6 Å². The van der Waals surface area contributed by atoms with Crippen molar-refractivity contribution in [3.63, 3.8) is 0 Å². The van der Waals surface area contributed by atoms with Crippen LogP contribution < -0.4 is 0 Å². The lowest BCUT2D eigenvalue weighted by Gasteiger charge is -2.18. The summed E-state index contributed by atoms with van der Waals surface area (Å²) >= 11 is 2.43. The van der Waals surface area contributed by atoms with Gasteiger partial charge >= 0.3 is 0 Å². The summed E-state index contributed by atoms with van der Waals surface area (Å²) < 4.78 is 0.790. The highest BCUT2D eigenvalue weighted by atomic mass is 127. The van der Waals surface area contributed by atoms with E-state index in [-0.39, 0.29) is 6.10 Å². The normalized spacial score (nSPS) is 39.8. The minimum Gasteiger partial charge on any atom is -0.233 e. The Kier molecular flexibility index (Phi) is 2.56. The Morgan fingerprint density at radius 1 is 1.12 bits per heavy atom. The van der Waals surface area contributed by atoms with Crippen molar-refractivity contribution in [1.82, 2.24) is 0 Å². The zero-order valence-electron chi connectivity index (χ0n) is 4.77. The molecule has 1 saturated carbocycles. The molecule has 1 fully saturated rings. The van der Waals surface area contributed by atoms with Gasteiger partial charge in [-0.15, -0.1) is 0 Å². The number of rotatable bonds is 0. The van der Waals surface area contributed by atoms with Gasteiger partial charge in [-0.1, -0.05) is 22.6 Å². The van der Waals surface area contributed by atoms with Gasteiger partial charge in [-0.05, 0) is 25.7 Å². The fraction of sp³-hybridized carbons (Fsp3) is 1.00. The SMILES string of the molecule is [O]C1CCC(I)CC1. The third-order valence-corrected chi connectivity index (χ3v) is 2.85. The Morgan fingerprint density at radius 3 is 2.00 bits per heavy atom. The maximum atomic E-state index is 10.7. The van der Waals surface area contributed by atoms with E-state index in [1.54, 1.807) is 0 Å². The van der Waals surface area contributed by atoms with E-state index in [4.69, 9.17) is 0 Å². The van der Waals surface area contributed by atoms with E-state index in [0.29, 0.717) is 0 Å². The number of halogens is 1. The third kappa shape index (κ3) is 1.90. The summed E-state index contributed by atoms with van der Waals surface area (Å²) in [5.74, 6) is 0. The van der Waals surface area contributed by atoms with Crippen LogP contribution >= 0.6 is 22.6 Å². The van der Waals surface area contributed by atoms with Crippen LogP contribution in [0, 0.1) is 0 Å². The van der Waals surface area contributed by atoms with Gasteiger partial charge < -0.3 is 0 Å². The van der Waals surface area contributed by atoms with Crippen molar-refractivity contribution in [3.8, 4) is 0 Å². The first-order valence-corrected chi connectivity index (χ1v) is 4.33. The molecule has 0 aromatic heterocycles. The molecule has 0 bridgehead atoms. The Balaban J connectivity index is 2.19. The maximum Gasteiger partial charge on any atom is 0.0930 e. The van der Waals surface area contributed by atoms with Gasteiger partial charge in [-0.2, -0.15) is 0 Å². The molecule has 0 aliphatic heterocycles. The number of alkyl halides is 1. The topological polar surface area (TPSA) is 19.9 Å². The van der Waals surface area contributed by atoms with Crippen LogP contribution in [-0.2, 0) is 5.11 Å². The molecule has 1 aliphatic carbocycles. The van der Waals surface area contributed by atoms with Gasteiger partial charge in [0, 0.05) is 3.92 Å². The van der Waals surface area contributed by atoms with Crippen LogP contribution in [0.15, 0.2) is 0 Å². The number of hydrogen-bond donors (Lipinski definition) is 0. The van der Waals surface area contributed by atoms with Gasteiger partial charge in [-0.25, -0.2) is 5.11 Å². The first-order valence-electron chi connectivity index (χ1n) is 3.09. The minimum absolute atomic E-state index is 0.235. The fourth-order valence-corrected chi connectivity index (χ4v) is 1.74. The van der Waals surface area contributed by atoms with E-state index in [2.05, 4.69) is 22.6 Å². The standard InChI is InChI=1S/C6H10IO/c7-5-1-3-6(8)4-2-5/h5-6H,1-4H2. The third-order valence-electron chi connectivity index (χ3n) is 1.60. The molecule has 1 rings (SSSR count). The van der Waals surface area contributed by atoms with Crippen LogP contribution in [-0.4, -0.2) is 10.0 Å². The zero-order valence-corrected chi connectivity index (χ0v) is 6.93. The van der Waals surface area contributed by atoms with Gasteiger partial charge in [0.2, 0.25) is 0 Å². The highest BCUT2D eigenvalue weighted by Gasteiger charge is 2.17. The van der Waals surface area contributed by atoms with Crippen molar-refractivity contribution >= 4 is 22.6 Å². The first-order chi connectivity index (χ1) is 3.79. The lowest BCUT2D eigenvalue weighted by Crippen LogP contribution is -2.16. The molecule has 8 heavy (non-hydrogen) atoms. The molecule has 0 atom stereocenters. The monoisotopic (exact) mass is 225 g/mol. The molecule has 0 unspecified atom stereocenters. The largest absolute Gasteiger partial charge is 0.233 e. The molecule has 47 valence electrons. The lowest BCUT2D eigenvalue weighted by molar-refractivity contribution is 0.0588. The van der Waals surface area contributed by atoms with Gasteiger partial charge in [0.15, 0.2) is 0 Å². The van der Waals surface area contributed by atoms with E-state index >= 15 is 0 Å². The molecule has 0 heterocycles. The summed E-state index contributed by atoms with van der Waals surface area (Å²) in [5.41, 5.74) is 0. The second-order valence-electron chi connectivity index (χ2n) is 2.37. The first kappa shape index (κ1) is 6.81. The maximum absolute atomic E-state index is 10.7. The zero-order chi connectivity index (χ0) is 5.98. The van der Waals surface area contributed by atoms with Crippen molar-refractivity contribution < 1.29 is 5.11 Å². The Morgan fingerprint density at radius 2 is 1.62 bits per heavy atom. The molecule has 2 heteroatoms. The average molecular weight is 225 g/mol. The Hall–Kier alpha value is 0.690.